The van der Waals surface area contributed by atoms with Crippen molar-refractivity contribution in [3.8, 4) is 5.75 Å². The molecule has 0 N–H and O–H groups in total. The number of nitrogens with zero attached hydrogens (tertiary/aromatic N) is 1. The average molecular weight is 418 g/mol. The van der Waals surface area contributed by atoms with Crippen LogP contribution in [0.5, 0.6) is 5.75 Å². The molecule has 1 amide bonds. The number of carbonyl (C=O) groups excluding carboxylic acids is 1. The zero-order chi connectivity index (χ0) is 20.2. The molecule has 1 fully saturated rings. The van der Waals surface area contributed by atoms with Crippen LogP contribution >= 0.6 is 24.0 Å². The maximum atomic E-state index is 12.8. The number of benzene rings is 3. The van der Waals surface area contributed by atoms with E-state index in [-0.39, 0.29) is 5.91 Å². The monoisotopic (exact) mass is 417 g/mol. The van der Waals surface area contributed by atoms with E-state index in [2.05, 4.69) is 31.2 Å². The molecule has 1 aliphatic heterocycles. The first-order valence-corrected chi connectivity index (χ1v) is 10.4. The van der Waals surface area contributed by atoms with Crippen molar-refractivity contribution in [2.24, 2.45) is 0 Å². The highest BCUT2D eigenvalue weighted by Gasteiger charge is 2.33. The van der Waals surface area contributed by atoms with E-state index in [1.54, 1.807) is 4.90 Å². The van der Waals surface area contributed by atoms with Crippen LogP contribution in [0.15, 0.2) is 83.8 Å². The third-order valence-electron chi connectivity index (χ3n) is 4.51. The summed E-state index contributed by atoms with van der Waals surface area (Å²) >= 11 is 6.73. The van der Waals surface area contributed by atoms with Gasteiger partial charge in [-0.1, -0.05) is 84.1 Å². The predicted octanol–water partition coefficient (Wildman–Crippen LogP) is 5.98. The minimum atomic E-state index is -0.0918. The van der Waals surface area contributed by atoms with Crippen LogP contribution in [-0.2, 0) is 11.4 Å². The Balaban J connectivity index is 1.44. The van der Waals surface area contributed by atoms with Gasteiger partial charge in [-0.15, -0.1) is 0 Å². The summed E-state index contributed by atoms with van der Waals surface area (Å²) in [6.07, 6.45) is 1.87. The molecule has 29 heavy (non-hydrogen) atoms. The number of rotatable bonds is 5. The molecule has 0 radical (unpaired) electrons. The average Bonchev–Trinajstić information content (AvgIpc) is 3.02. The van der Waals surface area contributed by atoms with E-state index in [9.17, 15) is 4.79 Å². The Morgan fingerprint density at radius 2 is 1.66 bits per heavy atom. The van der Waals surface area contributed by atoms with Gasteiger partial charge < -0.3 is 4.74 Å². The number of anilines is 1. The predicted molar refractivity (Wildman–Crippen MR) is 124 cm³/mol. The van der Waals surface area contributed by atoms with E-state index in [1.165, 1.54) is 17.3 Å². The van der Waals surface area contributed by atoms with Crippen LogP contribution < -0.4 is 9.64 Å². The van der Waals surface area contributed by atoms with Crippen molar-refractivity contribution in [1.29, 1.82) is 0 Å². The molecule has 5 heteroatoms. The molecule has 0 aromatic heterocycles. The quantitative estimate of drug-likeness (QED) is 0.377. The van der Waals surface area contributed by atoms with Crippen LogP contribution in [0.1, 0.15) is 16.7 Å². The van der Waals surface area contributed by atoms with E-state index in [1.807, 2.05) is 60.7 Å². The highest BCUT2D eigenvalue weighted by atomic mass is 32.2. The molecule has 1 aliphatic rings. The van der Waals surface area contributed by atoms with Crippen molar-refractivity contribution in [1.82, 2.24) is 0 Å². The lowest BCUT2D eigenvalue weighted by Gasteiger charge is -2.13. The van der Waals surface area contributed by atoms with Gasteiger partial charge in [-0.2, -0.15) is 0 Å². The highest BCUT2D eigenvalue weighted by molar-refractivity contribution is 8.27. The summed E-state index contributed by atoms with van der Waals surface area (Å²) < 4.78 is 6.39. The summed E-state index contributed by atoms with van der Waals surface area (Å²) in [5.41, 5.74) is 4.08. The zero-order valence-corrected chi connectivity index (χ0v) is 17.5. The molecule has 0 aliphatic carbocycles. The van der Waals surface area contributed by atoms with Gasteiger partial charge in [-0.05, 0) is 48.4 Å². The number of thioether (sulfide) groups is 1. The van der Waals surface area contributed by atoms with E-state index < -0.39 is 0 Å². The smallest absolute Gasteiger partial charge is 0.270 e. The van der Waals surface area contributed by atoms with Crippen LogP contribution in [0, 0.1) is 6.92 Å². The van der Waals surface area contributed by atoms with Crippen molar-refractivity contribution >= 4 is 46.0 Å². The number of hydrogen-bond donors (Lipinski definition) is 0. The summed E-state index contributed by atoms with van der Waals surface area (Å²) in [6.45, 7) is 2.59. The molecule has 0 unspecified atom stereocenters. The first-order chi connectivity index (χ1) is 14.1. The Kier molecular flexibility index (Phi) is 5.79. The van der Waals surface area contributed by atoms with E-state index in [4.69, 9.17) is 17.0 Å². The highest BCUT2D eigenvalue weighted by Crippen LogP contribution is 2.36. The molecule has 3 aromatic carbocycles. The summed E-state index contributed by atoms with van der Waals surface area (Å²) in [6, 6.07) is 25.5. The Morgan fingerprint density at radius 3 is 2.34 bits per heavy atom. The second-order valence-corrected chi connectivity index (χ2v) is 8.37. The second kappa shape index (κ2) is 8.64. The lowest BCUT2D eigenvalue weighted by atomic mass is 10.1. The number of thiocarbonyl (C=S) groups is 1. The molecule has 0 saturated carbocycles. The van der Waals surface area contributed by atoms with Crippen molar-refractivity contribution in [2.75, 3.05) is 4.90 Å². The van der Waals surface area contributed by atoms with Crippen LogP contribution in [0.3, 0.4) is 0 Å². The fourth-order valence-electron chi connectivity index (χ4n) is 2.93. The second-order valence-electron chi connectivity index (χ2n) is 6.70. The van der Waals surface area contributed by atoms with E-state index in [0.29, 0.717) is 15.8 Å². The molecule has 0 bridgehead atoms. The Labute approximate surface area is 180 Å². The molecule has 3 nitrogen and oxygen atoms in total. The minimum absolute atomic E-state index is 0.0918. The zero-order valence-electron chi connectivity index (χ0n) is 15.9. The topological polar surface area (TPSA) is 29.5 Å². The largest absolute Gasteiger partial charge is 0.489 e. The van der Waals surface area contributed by atoms with Crippen molar-refractivity contribution < 1.29 is 9.53 Å². The molecular formula is C24H19NO2S2. The summed E-state index contributed by atoms with van der Waals surface area (Å²) in [7, 11) is 0. The molecule has 1 saturated heterocycles. The number of hydrogen-bond acceptors (Lipinski definition) is 4. The number of para-hydroxylation sites is 1. The Bertz CT molecular complexity index is 1060. The van der Waals surface area contributed by atoms with Gasteiger partial charge in [-0.3, -0.25) is 9.69 Å². The van der Waals surface area contributed by atoms with Crippen LogP contribution in [-0.4, -0.2) is 10.2 Å². The fraction of sp³-hybridized carbons (Fsp3) is 0.0833. The number of ether oxygens (including phenoxy) is 1. The van der Waals surface area contributed by atoms with Crippen molar-refractivity contribution in [3.63, 3.8) is 0 Å². The van der Waals surface area contributed by atoms with E-state index in [0.717, 1.165) is 22.6 Å². The molecule has 144 valence electrons. The summed E-state index contributed by atoms with van der Waals surface area (Å²) in [5, 5.41) is 0. The normalized spacial score (nSPS) is 15.2. The van der Waals surface area contributed by atoms with Gasteiger partial charge in [0.25, 0.3) is 5.91 Å². The number of carbonyl (C=O) groups is 1. The minimum Gasteiger partial charge on any atom is -0.489 e. The standard InChI is InChI=1S/C24H19NO2S2/c1-17-7-9-19(10-8-17)16-27-21-13-11-18(12-14-21)15-22-23(26)25(24(28)29-22)20-5-3-2-4-6-20/h2-15H,16H2,1H3. The van der Waals surface area contributed by atoms with Gasteiger partial charge in [-0.25, -0.2) is 0 Å². The molecule has 3 aromatic rings. The van der Waals surface area contributed by atoms with Gasteiger partial charge >= 0.3 is 0 Å². The van der Waals surface area contributed by atoms with Crippen molar-refractivity contribution in [2.45, 2.75) is 13.5 Å². The number of amides is 1. The molecule has 0 spiro atoms. The van der Waals surface area contributed by atoms with Gasteiger partial charge in [0.05, 0.1) is 10.6 Å². The molecule has 1 heterocycles. The van der Waals surface area contributed by atoms with Crippen LogP contribution in [0.2, 0.25) is 0 Å². The first kappa shape index (κ1) is 19.4. The lowest BCUT2D eigenvalue weighted by molar-refractivity contribution is -0.113. The summed E-state index contributed by atoms with van der Waals surface area (Å²) in [4.78, 5) is 15.0. The Morgan fingerprint density at radius 1 is 0.966 bits per heavy atom. The third kappa shape index (κ3) is 4.58. The summed E-state index contributed by atoms with van der Waals surface area (Å²) in [5.74, 6) is 0.699. The first-order valence-electron chi connectivity index (χ1n) is 9.21. The van der Waals surface area contributed by atoms with Gasteiger partial charge in [0, 0.05) is 0 Å². The number of aryl methyl sites for hydroxylation is 1. The SMILES string of the molecule is Cc1ccc(COc2ccc(C=C3SC(=S)N(c4ccccc4)C3=O)cc2)cc1. The third-order valence-corrected chi connectivity index (χ3v) is 5.81. The Hall–Kier alpha value is -2.89. The maximum Gasteiger partial charge on any atom is 0.270 e. The van der Waals surface area contributed by atoms with Gasteiger partial charge in [0.2, 0.25) is 0 Å². The van der Waals surface area contributed by atoms with Gasteiger partial charge in [0.1, 0.15) is 12.4 Å². The molecule has 4 rings (SSSR count). The van der Waals surface area contributed by atoms with Crippen LogP contribution in [0.4, 0.5) is 5.69 Å². The maximum absolute atomic E-state index is 12.8. The van der Waals surface area contributed by atoms with Crippen molar-refractivity contribution in [3.05, 3.63) is 100 Å². The molecule has 0 atom stereocenters. The van der Waals surface area contributed by atoms with E-state index >= 15 is 0 Å². The molecular weight excluding hydrogens is 398 g/mol. The van der Waals surface area contributed by atoms with Crippen LogP contribution in [0.25, 0.3) is 6.08 Å². The fourth-order valence-corrected chi connectivity index (χ4v) is 4.23. The lowest BCUT2D eigenvalue weighted by Crippen LogP contribution is -2.27. The van der Waals surface area contributed by atoms with Gasteiger partial charge in [0.15, 0.2) is 4.32 Å².